The van der Waals surface area contributed by atoms with Crippen LogP contribution in [0.15, 0.2) is 30.1 Å². The Labute approximate surface area is 93.2 Å². The van der Waals surface area contributed by atoms with E-state index in [0.29, 0.717) is 0 Å². The number of hydrogen-bond acceptors (Lipinski definition) is 1. The Morgan fingerprint density at radius 3 is 2.06 bits per heavy atom. The van der Waals surface area contributed by atoms with Crippen molar-refractivity contribution >= 4 is 11.7 Å². The van der Waals surface area contributed by atoms with Crippen LogP contribution in [0.5, 0.6) is 0 Å². The average molecular weight is 225 g/mol. The second-order valence-corrected chi connectivity index (χ2v) is 3.69. The standard InChI is InChI=1S/C12H13F2NO/c1-8-4-6-9(7-5-8)10(13)11(14)12(16)15(2)3/h4-7H,1-3H3/b11-10+. The minimum Gasteiger partial charge on any atom is -0.343 e. The summed E-state index contributed by atoms with van der Waals surface area (Å²) in [5, 5.41) is 0. The number of benzene rings is 1. The molecule has 0 unspecified atom stereocenters. The Hall–Kier alpha value is -1.71. The van der Waals surface area contributed by atoms with E-state index in [1.807, 2.05) is 6.92 Å². The van der Waals surface area contributed by atoms with E-state index in [1.54, 1.807) is 12.1 Å². The molecule has 0 heterocycles. The Morgan fingerprint density at radius 1 is 1.12 bits per heavy atom. The van der Waals surface area contributed by atoms with Crippen LogP contribution in [0.25, 0.3) is 5.83 Å². The van der Waals surface area contributed by atoms with Crippen molar-refractivity contribution < 1.29 is 13.6 Å². The van der Waals surface area contributed by atoms with Crippen molar-refractivity contribution in [2.45, 2.75) is 6.92 Å². The highest BCUT2D eigenvalue weighted by Gasteiger charge is 2.18. The molecule has 0 spiro atoms. The molecule has 0 atom stereocenters. The summed E-state index contributed by atoms with van der Waals surface area (Å²) in [6.07, 6.45) is 0. The van der Waals surface area contributed by atoms with Crippen LogP contribution in [0.3, 0.4) is 0 Å². The van der Waals surface area contributed by atoms with Gasteiger partial charge in [-0.25, -0.2) is 4.39 Å². The van der Waals surface area contributed by atoms with E-state index < -0.39 is 17.6 Å². The summed E-state index contributed by atoms with van der Waals surface area (Å²) in [4.78, 5) is 12.2. The first-order chi connectivity index (χ1) is 7.43. The predicted molar refractivity (Wildman–Crippen MR) is 59.0 cm³/mol. The van der Waals surface area contributed by atoms with E-state index in [2.05, 4.69) is 0 Å². The van der Waals surface area contributed by atoms with Crippen molar-refractivity contribution in [3.8, 4) is 0 Å². The normalized spacial score (nSPS) is 12.1. The maximum Gasteiger partial charge on any atom is 0.285 e. The maximum absolute atomic E-state index is 13.5. The fraction of sp³-hybridized carbons (Fsp3) is 0.250. The molecule has 86 valence electrons. The fourth-order valence-electron chi connectivity index (χ4n) is 1.12. The SMILES string of the molecule is Cc1ccc(/C(F)=C(\F)C(=O)N(C)C)cc1. The molecule has 0 aliphatic heterocycles. The first-order valence-corrected chi connectivity index (χ1v) is 4.77. The van der Waals surface area contributed by atoms with E-state index >= 15 is 0 Å². The molecule has 1 aromatic rings. The number of carbonyl (C=O) groups excluding carboxylic acids is 1. The number of nitrogens with zero attached hydrogens (tertiary/aromatic N) is 1. The lowest BCUT2D eigenvalue weighted by Crippen LogP contribution is -2.22. The zero-order valence-electron chi connectivity index (χ0n) is 9.42. The summed E-state index contributed by atoms with van der Waals surface area (Å²) in [7, 11) is 2.73. The number of hydrogen-bond donors (Lipinski definition) is 0. The van der Waals surface area contributed by atoms with Gasteiger partial charge in [-0.3, -0.25) is 4.79 Å². The van der Waals surface area contributed by atoms with Crippen molar-refractivity contribution in [2.24, 2.45) is 0 Å². The lowest BCUT2D eigenvalue weighted by molar-refractivity contribution is -0.126. The smallest absolute Gasteiger partial charge is 0.285 e. The van der Waals surface area contributed by atoms with Crippen molar-refractivity contribution in [1.82, 2.24) is 4.90 Å². The highest BCUT2D eigenvalue weighted by atomic mass is 19.2. The minimum atomic E-state index is -1.37. The van der Waals surface area contributed by atoms with Gasteiger partial charge >= 0.3 is 0 Å². The number of aryl methyl sites for hydroxylation is 1. The summed E-state index contributed by atoms with van der Waals surface area (Å²) in [6, 6.07) is 6.19. The average Bonchev–Trinajstić information content (AvgIpc) is 2.27. The summed E-state index contributed by atoms with van der Waals surface area (Å²) < 4.78 is 26.9. The van der Waals surface area contributed by atoms with Gasteiger partial charge in [-0.2, -0.15) is 4.39 Å². The van der Waals surface area contributed by atoms with E-state index in [-0.39, 0.29) is 5.56 Å². The molecule has 0 N–H and O–H groups in total. The van der Waals surface area contributed by atoms with E-state index in [4.69, 9.17) is 0 Å². The molecular formula is C12H13F2NO. The third-order valence-corrected chi connectivity index (χ3v) is 2.09. The second-order valence-electron chi connectivity index (χ2n) is 3.69. The van der Waals surface area contributed by atoms with Crippen molar-refractivity contribution in [1.29, 1.82) is 0 Å². The predicted octanol–water partition coefficient (Wildman–Crippen LogP) is 2.69. The molecule has 0 fully saturated rings. The van der Waals surface area contributed by atoms with Gasteiger partial charge in [0.15, 0.2) is 5.83 Å². The van der Waals surface area contributed by atoms with Crippen molar-refractivity contribution in [2.75, 3.05) is 14.1 Å². The molecule has 16 heavy (non-hydrogen) atoms. The molecule has 0 aromatic heterocycles. The molecule has 0 aliphatic carbocycles. The largest absolute Gasteiger partial charge is 0.343 e. The van der Waals surface area contributed by atoms with Gasteiger partial charge in [0.1, 0.15) is 0 Å². The van der Waals surface area contributed by atoms with Gasteiger partial charge in [-0.05, 0) is 6.92 Å². The molecule has 1 amide bonds. The summed E-state index contributed by atoms with van der Waals surface area (Å²) in [5.41, 5.74) is 1.01. The van der Waals surface area contributed by atoms with Gasteiger partial charge in [-0.15, -0.1) is 0 Å². The van der Waals surface area contributed by atoms with Crippen molar-refractivity contribution in [3.05, 3.63) is 41.2 Å². The monoisotopic (exact) mass is 225 g/mol. The first-order valence-electron chi connectivity index (χ1n) is 4.77. The summed E-state index contributed by atoms with van der Waals surface area (Å²) >= 11 is 0. The molecule has 0 saturated heterocycles. The summed E-state index contributed by atoms with van der Waals surface area (Å²) in [6.45, 7) is 1.84. The Bertz CT molecular complexity index is 421. The van der Waals surface area contributed by atoms with Crippen LogP contribution in [-0.2, 0) is 4.79 Å². The number of likely N-dealkylation sites (N-methyl/N-ethyl adjacent to an activating group) is 1. The van der Waals surface area contributed by atoms with E-state index in [0.717, 1.165) is 10.5 Å². The molecular weight excluding hydrogens is 212 g/mol. The van der Waals surface area contributed by atoms with Crippen LogP contribution in [0.4, 0.5) is 8.78 Å². The number of rotatable bonds is 2. The van der Waals surface area contributed by atoms with Gasteiger partial charge in [0, 0.05) is 19.7 Å². The zero-order chi connectivity index (χ0) is 12.3. The molecule has 0 bridgehead atoms. The van der Waals surface area contributed by atoms with Gasteiger partial charge in [0.2, 0.25) is 5.83 Å². The molecule has 0 aliphatic rings. The molecule has 1 aromatic carbocycles. The number of carbonyl (C=O) groups is 1. The maximum atomic E-state index is 13.5. The van der Waals surface area contributed by atoms with E-state index in [9.17, 15) is 13.6 Å². The lowest BCUT2D eigenvalue weighted by atomic mass is 10.1. The Kier molecular flexibility index (Phi) is 3.77. The Balaban J connectivity index is 3.08. The van der Waals surface area contributed by atoms with Gasteiger partial charge in [0.25, 0.3) is 5.91 Å². The topological polar surface area (TPSA) is 20.3 Å². The zero-order valence-corrected chi connectivity index (χ0v) is 9.42. The lowest BCUT2D eigenvalue weighted by Gasteiger charge is -2.08. The van der Waals surface area contributed by atoms with Crippen LogP contribution < -0.4 is 0 Å². The van der Waals surface area contributed by atoms with Crippen LogP contribution in [0.2, 0.25) is 0 Å². The summed E-state index contributed by atoms with van der Waals surface area (Å²) in [5.74, 6) is -3.47. The van der Waals surface area contributed by atoms with Crippen molar-refractivity contribution in [3.63, 3.8) is 0 Å². The Morgan fingerprint density at radius 2 is 1.62 bits per heavy atom. The highest BCUT2D eigenvalue weighted by molar-refractivity contribution is 5.97. The molecule has 2 nitrogen and oxygen atoms in total. The molecule has 4 heteroatoms. The van der Waals surface area contributed by atoms with Crippen LogP contribution in [0.1, 0.15) is 11.1 Å². The van der Waals surface area contributed by atoms with Gasteiger partial charge in [-0.1, -0.05) is 29.8 Å². The third-order valence-electron chi connectivity index (χ3n) is 2.09. The van der Waals surface area contributed by atoms with Crippen LogP contribution >= 0.6 is 0 Å². The van der Waals surface area contributed by atoms with Crippen LogP contribution in [0, 0.1) is 6.92 Å². The van der Waals surface area contributed by atoms with E-state index in [1.165, 1.54) is 26.2 Å². The minimum absolute atomic E-state index is 0.0679. The first kappa shape index (κ1) is 12.4. The third kappa shape index (κ3) is 2.66. The van der Waals surface area contributed by atoms with Crippen LogP contribution in [-0.4, -0.2) is 24.9 Å². The number of amides is 1. The fourth-order valence-corrected chi connectivity index (χ4v) is 1.12. The molecule has 1 rings (SSSR count). The molecule has 0 saturated carbocycles. The second kappa shape index (κ2) is 4.88. The van der Waals surface area contributed by atoms with Gasteiger partial charge < -0.3 is 4.90 Å². The van der Waals surface area contributed by atoms with Gasteiger partial charge in [0.05, 0.1) is 0 Å². The quantitative estimate of drug-likeness (QED) is 0.708. The highest BCUT2D eigenvalue weighted by Crippen LogP contribution is 2.22. The number of halogens is 2. The molecule has 0 radical (unpaired) electrons.